The fraction of sp³-hybridized carbons (Fsp3) is 0.500. The molecule has 0 aliphatic heterocycles. The van der Waals surface area contributed by atoms with Gasteiger partial charge < -0.3 is 0 Å². The highest BCUT2D eigenvalue weighted by Gasteiger charge is 2.10. The molecule has 2 heterocycles. The largest absolute Gasteiger partial charge is 0.288 e. The monoisotopic (exact) mass is 244 g/mol. The van der Waals surface area contributed by atoms with Crippen molar-refractivity contribution in [2.45, 2.75) is 46.5 Å². The lowest BCUT2D eigenvalue weighted by Gasteiger charge is -2.10. The fourth-order valence-electron chi connectivity index (χ4n) is 1.91. The fourth-order valence-corrected chi connectivity index (χ4v) is 1.91. The first kappa shape index (κ1) is 12.7. The molecule has 0 radical (unpaired) electrons. The Morgan fingerprint density at radius 3 is 2.72 bits per heavy atom. The summed E-state index contributed by atoms with van der Waals surface area (Å²) in [5, 5.41) is 0. The number of aromatic nitrogens is 4. The van der Waals surface area contributed by atoms with Gasteiger partial charge >= 0.3 is 0 Å². The molecule has 0 bridgehead atoms. The number of hydrogen-bond acceptors (Lipinski definition) is 3. The van der Waals surface area contributed by atoms with E-state index in [1.54, 1.807) is 0 Å². The lowest BCUT2D eigenvalue weighted by Crippen LogP contribution is -2.07. The molecule has 2 rings (SSSR count). The second-order valence-electron chi connectivity index (χ2n) is 4.84. The van der Waals surface area contributed by atoms with Crippen molar-refractivity contribution in [2.75, 3.05) is 0 Å². The molecule has 0 amide bonds. The molecule has 0 atom stereocenters. The summed E-state index contributed by atoms with van der Waals surface area (Å²) < 4.78 is 2.06. The predicted molar refractivity (Wildman–Crippen MR) is 72.0 cm³/mol. The summed E-state index contributed by atoms with van der Waals surface area (Å²) in [6, 6.07) is 2.01. The molecule has 96 valence electrons. The molecule has 2 aromatic heterocycles. The lowest BCUT2D eigenvalue weighted by molar-refractivity contribution is 0.739. The van der Waals surface area contributed by atoms with Gasteiger partial charge in [0, 0.05) is 36.5 Å². The zero-order chi connectivity index (χ0) is 13.1. The van der Waals surface area contributed by atoms with Gasteiger partial charge in [-0.05, 0) is 13.3 Å². The Labute approximate surface area is 108 Å². The van der Waals surface area contributed by atoms with Crippen LogP contribution in [-0.2, 0) is 6.42 Å². The van der Waals surface area contributed by atoms with Gasteiger partial charge in [-0.3, -0.25) is 4.57 Å². The van der Waals surface area contributed by atoms with Crippen molar-refractivity contribution in [3.63, 3.8) is 0 Å². The van der Waals surface area contributed by atoms with Crippen LogP contribution in [0.2, 0.25) is 0 Å². The van der Waals surface area contributed by atoms with Gasteiger partial charge in [-0.2, -0.15) is 0 Å². The van der Waals surface area contributed by atoms with Crippen molar-refractivity contribution in [3.8, 4) is 5.82 Å². The van der Waals surface area contributed by atoms with Crippen LogP contribution in [0.25, 0.3) is 5.82 Å². The molecule has 4 nitrogen and oxygen atoms in total. The van der Waals surface area contributed by atoms with E-state index in [-0.39, 0.29) is 0 Å². The van der Waals surface area contributed by atoms with E-state index in [9.17, 15) is 0 Å². The number of hydrogen-bond donors (Lipinski definition) is 0. The summed E-state index contributed by atoms with van der Waals surface area (Å²) in [6.45, 7) is 8.39. The van der Waals surface area contributed by atoms with Gasteiger partial charge in [0.2, 0.25) is 0 Å². The molecule has 0 saturated carbocycles. The molecule has 0 saturated heterocycles. The molecule has 0 aliphatic rings. The predicted octanol–water partition coefficient (Wildman–Crippen LogP) is 3.05. The molecule has 2 aromatic rings. The summed E-state index contributed by atoms with van der Waals surface area (Å²) in [4.78, 5) is 13.5. The van der Waals surface area contributed by atoms with E-state index in [0.29, 0.717) is 5.92 Å². The Morgan fingerprint density at radius 2 is 2.06 bits per heavy atom. The second kappa shape index (κ2) is 5.29. The lowest BCUT2D eigenvalue weighted by atomic mass is 10.2. The molecule has 0 unspecified atom stereocenters. The number of rotatable bonds is 4. The van der Waals surface area contributed by atoms with Crippen molar-refractivity contribution < 1.29 is 0 Å². The van der Waals surface area contributed by atoms with Crippen LogP contribution in [0.1, 0.15) is 50.5 Å². The highest BCUT2D eigenvalue weighted by Crippen LogP contribution is 2.15. The Morgan fingerprint density at radius 1 is 1.28 bits per heavy atom. The number of aryl methyl sites for hydroxylation is 2. The van der Waals surface area contributed by atoms with Gasteiger partial charge in [0.15, 0.2) is 0 Å². The second-order valence-corrected chi connectivity index (χ2v) is 4.84. The quantitative estimate of drug-likeness (QED) is 0.830. The van der Waals surface area contributed by atoms with Crippen LogP contribution in [0.4, 0.5) is 0 Å². The standard InChI is InChI=1S/C14H20N4/c1-5-6-12-15-7-8-18(12)13-9-11(4)16-14(17-13)10(2)3/h7-10H,5-6H2,1-4H3. The highest BCUT2D eigenvalue weighted by atomic mass is 15.1. The van der Waals surface area contributed by atoms with Crippen molar-refractivity contribution in [2.24, 2.45) is 0 Å². The van der Waals surface area contributed by atoms with Crippen molar-refractivity contribution in [1.29, 1.82) is 0 Å². The number of imidazole rings is 1. The maximum atomic E-state index is 4.63. The summed E-state index contributed by atoms with van der Waals surface area (Å²) in [6.07, 6.45) is 5.85. The van der Waals surface area contributed by atoms with Crippen LogP contribution in [0.5, 0.6) is 0 Å². The van der Waals surface area contributed by atoms with Gasteiger partial charge in [-0.1, -0.05) is 20.8 Å². The molecule has 0 fully saturated rings. The van der Waals surface area contributed by atoms with Gasteiger partial charge in [0.05, 0.1) is 0 Å². The Bertz CT molecular complexity index is 528. The third-order valence-corrected chi connectivity index (χ3v) is 2.81. The third-order valence-electron chi connectivity index (χ3n) is 2.81. The van der Waals surface area contributed by atoms with E-state index in [1.807, 2.05) is 25.4 Å². The topological polar surface area (TPSA) is 43.6 Å². The first-order chi connectivity index (χ1) is 8.61. The maximum absolute atomic E-state index is 4.63. The molecule has 4 heteroatoms. The zero-order valence-electron chi connectivity index (χ0n) is 11.5. The zero-order valence-corrected chi connectivity index (χ0v) is 11.5. The van der Waals surface area contributed by atoms with E-state index in [2.05, 4.69) is 40.3 Å². The number of nitrogens with zero attached hydrogens (tertiary/aromatic N) is 4. The van der Waals surface area contributed by atoms with E-state index in [1.165, 1.54) is 0 Å². The van der Waals surface area contributed by atoms with E-state index < -0.39 is 0 Å². The first-order valence-electron chi connectivity index (χ1n) is 6.50. The van der Waals surface area contributed by atoms with Crippen LogP contribution in [-0.4, -0.2) is 19.5 Å². The Balaban J connectivity index is 2.46. The van der Waals surface area contributed by atoms with Gasteiger partial charge in [0.25, 0.3) is 0 Å². The normalized spacial score (nSPS) is 11.2. The van der Waals surface area contributed by atoms with Gasteiger partial charge in [0.1, 0.15) is 17.5 Å². The molecule has 18 heavy (non-hydrogen) atoms. The van der Waals surface area contributed by atoms with Crippen molar-refractivity contribution in [1.82, 2.24) is 19.5 Å². The van der Waals surface area contributed by atoms with Crippen LogP contribution in [0.15, 0.2) is 18.5 Å². The summed E-state index contributed by atoms with van der Waals surface area (Å²) >= 11 is 0. The molecule has 0 N–H and O–H groups in total. The van der Waals surface area contributed by atoms with E-state index >= 15 is 0 Å². The van der Waals surface area contributed by atoms with Crippen molar-refractivity contribution in [3.05, 3.63) is 35.8 Å². The Kier molecular flexibility index (Phi) is 3.75. The minimum atomic E-state index is 0.335. The van der Waals surface area contributed by atoms with Crippen LogP contribution >= 0.6 is 0 Å². The third kappa shape index (κ3) is 2.58. The average Bonchev–Trinajstić information content (AvgIpc) is 2.77. The summed E-state index contributed by atoms with van der Waals surface area (Å²) in [7, 11) is 0. The summed E-state index contributed by atoms with van der Waals surface area (Å²) in [5.41, 5.74) is 1.000. The average molecular weight is 244 g/mol. The van der Waals surface area contributed by atoms with Gasteiger partial charge in [-0.25, -0.2) is 15.0 Å². The van der Waals surface area contributed by atoms with Crippen LogP contribution in [0, 0.1) is 6.92 Å². The highest BCUT2D eigenvalue weighted by molar-refractivity contribution is 5.27. The molecule has 0 spiro atoms. The van der Waals surface area contributed by atoms with Crippen molar-refractivity contribution >= 4 is 0 Å². The van der Waals surface area contributed by atoms with Crippen LogP contribution < -0.4 is 0 Å². The van der Waals surface area contributed by atoms with Gasteiger partial charge in [-0.15, -0.1) is 0 Å². The van der Waals surface area contributed by atoms with E-state index in [0.717, 1.165) is 36.0 Å². The molecular formula is C14H20N4. The Hall–Kier alpha value is -1.71. The smallest absolute Gasteiger partial charge is 0.142 e. The summed E-state index contributed by atoms with van der Waals surface area (Å²) in [5.74, 6) is 3.21. The minimum absolute atomic E-state index is 0.335. The first-order valence-corrected chi connectivity index (χ1v) is 6.50. The molecule has 0 aliphatic carbocycles. The minimum Gasteiger partial charge on any atom is -0.288 e. The SMILES string of the molecule is CCCc1nccn1-c1cc(C)nc(C(C)C)n1. The van der Waals surface area contributed by atoms with Crippen LogP contribution in [0.3, 0.4) is 0 Å². The molecular weight excluding hydrogens is 224 g/mol. The maximum Gasteiger partial charge on any atom is 0.142 e. The molecule has 0 aromatic carbocycles. The van der Waals surface area contributed by atoms with E-state index in [4.69, 9.17) is 0 Å².